The maximum Gasteiger partial charge on any atom is 0.253 e. The van der Waals surface area contributed by atoms with E-state index in [0.29, 0.717) is 12.6 Å². The molecule has 0 bridgehead atoms. The second-order valence-corrected chi connectivity index (χ2v) is 8.10. The first-order chi connectivity index (χ1) is 14.9. The quantitative estimate of drug-likeness (QED) is 0.456. The lowest BCUT2D eigenvalue weighted by atomic mass is 10.1. The molecule has 0 saturated heterocycles. The minimum Gasteiger partial charge on any atom is -0.357 e. The van der Waals surface area contributed by atoms with Crippen molar-refractivity contribution in [2.45, 2.75) is 25.8 Å². The summed E-state index contributed by atoms with van der Waals surface area (Å²) in [6.45, 7) is 4.34. The minimum atomic E-state index is 0.0258. The number of hydrogen-bond acceptors (Lipinski definition) is 3. The Kier molecular flexibility index (Phi) is 10.0. The molecule has 0 radical (unpaired) electrons. The van der Waals surface area contributed by atoms with E-state index in [4.69, 9.17) is 4.99 Å². The zero-order valence-electron chi connectivity index (χ0n) is 19.6. The van der Waals surface area contributed by atoms with E-state index in [2.05, 4.69) is 66.9 Å². The summed E-state index contributed by atoms with van der Waals surface area (Å²) in [5.41, 5.74) is 3.17. The molecule has 31 heavy (non-hydrogen) atoms. The molecule has 0 aliphatic rings. The molecule has 0 fully saturated rings. The molecular formula is C25H37N5O. The summed E-state index contributed by atoms with van der Waals surface area (Å²) in [5, 5.41) is 6.75. The third-order valence-corrected chi connectivity index (χ3v) is 5.14. The van der Waals surface area contributed by atoms with Crippen molar-refractivity contribution in [3.8, 4) is 0 Å². The minimum absolute atomic E-state index is 0.0258. The highest BCUT2D eigenvalue weighted by Gasteiger charge is 2.12. The van der Waals surface area contributed by atoms with Crippen molar-refractivity contribution in [3.63, 3.8) is 0 Å². The average molecular weight is 424 g/mol. The molecular weight excluding hydrogens is 386 g/mol. The molecule has 0 spiro atoms. The maximum absolute atomic E-state index is 12.2. The van der Waals surface area contributed by atoms with Gasteiger partial charge in [0.15, 0.2) is 5.96 Å². The van der Waals surface area contributed by atoms with Gasteiger partial charge in [-0.1, -0.05) is 42.5 Å². The van der Waals surface area contributed by atoms with Crippen molar-refractivity contribution in [3.05, 3.63) is 71.3 Å². The molecule has 0 aliphatic carbocycles. The summed E-state index contributed by atoms with van der Waals surface area (Å²) in [7, 11) is 7.75. The van der Waals surface area contributed by atoms with Crippen LogP contribution in [0.4, 0.5) is 0 Å². The molecule has 0 heterocycles. The van der Waals surface area contributed by atoms with Crippen LogP contribution in [0.15, 0.2) is 59.6 Å². The second kappa shape index (κ2) is 12.7. The Labute approximate surface area is 187 Å². The van der Waals surface area contributed by atoms with E-state index in [1.807, 2.05) is 24.3 Å². The fourth-order valence-electron chi connectivity index (χ4n) is 3.28. The number of carbonyl (C=O) groups excluding carboxylic acids is 1. The number of rotatable bonds is 10. The fraction of sp³-hybridized carbons (Fsp3) is 0.440. The summed E-state index contributed by atoms with van der Waals surface area (Å²) in [5.74, 6) is 0.848. The summed E-state index contributed by atoms with van der Waals surface area (Å²) in [4.78, 5) is 20.8. The summed E-state index contributed by atoms with van der Waals surface area (Å²) < 4.78 is 0. The van der Waals surface area contributed by atoms with Gasteiger partial charge in [-0.05, 0) is 57.1 Å². The summed E-state index contributed by atoms with van der Waals surface area (Å²) in [6, 6.07) is 18.7. The van der Waals surface area contributed by atoms with Crippen LogP contribution in [0.3, 0.4) is 0 Å². The van der Waals surface area contributed by atoms with Crippen LogP contribution in [-0.4, -0.2) is 75.5 Å². The van der Waals surface area contributed by atoms with Gasteiger partial charge in [0, 0.05) is 38.8 Å². The van der Waals surface area contributed by atoms with E-state index in [-0.39, 0.29) is 5.91 Å². The zero-order valence-corrected chi connectivity index (χ0v) is 19.6. The van der Waals surface area contributed by atoms with Crippen molar-refractivity contribution < 1.29 is 4.79 Å². The third-order valence-electron chi connectivity index (χ3n) is 5.14. The Morgan fingerprint density at radius 1 is 0.968 bits per heavy atom. The van der Waals surface area contributed by atoms with Gasteiger partial charge in [0.05, 0.1) is 6.54 Å². The molecule has 168 valence electrons. The first-order valence-electron chi connectivity index (χ1n) is 10.9. The number of nitrogens with zero attached hydrogens (tertiary/aromatic N) is 3. The number of guanidine groups is 1. The van der Waals surface area contributed by atoms with Crippen LogP contribution in [0.1, 0.15) is 28.4 Å². The number of benzene rings is 2. The van der Waals surface area contributed by atoms with Crippen molar-refractivity contribution >= 4 is 11.9 Å². The molecule has 6 nitrogen and oxygen atoms in total. The fourth-order valence-corrected chi connectivity index (χ4v) is 3.28. The van der Waals surface area contributed by atoms with Crippen LogP contribution in [0, 0.1) is 0 Å². The highest BCUT2D eigenvalue weighted by atomic mass is 16.2. The smallest absolute Gasteiger partial charge is 0.253 e. The standard InChI is InChI=1S/C25H37N5O/c1-6-26-25(28-19-23(29(2)3)18-20-11-8-7-9-12-20)27-16-15-21-13-10-14-22(17-21)24(31)30(4)5/h7-14,17,23H,6,15-16,18-19H2,1-5H3,(H2,26,27,28). The molecule has 1 unspecified atom stereocenters. The number of likely N-dealkylation sites (N-methyl/N-ethyl adjacent to an activating group) is 1. The molecule has 1 atom stereocenters. The van der Waals surface area contributed by atoms with Crippen LogP contribution in [0.2, 0.25) is 0 Å². The lowest BCUT2D eigenvalue weighted by molar-refractivity contribution is 0.0827. The average Bonchev–Trinajstić information content (AvgIpc) is 2.76. The van der Waals surface area contributed by atoms with E-state index in [1.54, 1.807) is 19.0 Å². The van der Waals surface area contributed by atoms with E-state index < -0.39 is 0 Å². The topological polar surface area (TPSA) is 60.0 Å². The Morgan fingerprint density at radius 2 is 1.68 bits per heavy atom. The Hall–Kier alpha value is -2.86. The number of nitrogens with one attached hydrogen (secondary N) is 2. The van der Waals surface area contributed by atoms with Gasteiger partial charge < -0.3 is 20.4 Å². The number of amides is 1. The van der Waals surface area contributed by atoms with Crippen LogP contribution < -0.4 is 10.6 Å². The molecule has 2 N–H and O–H groups in total. The Morgan fingerprint density at radius 3 is 2.32 bits per heavy atom. The first kappa shape index (κ1) is 24.4. The molecule has 6 heteroatoms. The van der Waals surface area contributed by atoms with Gasteiger partial charge in [-0.3, -0.25) is 9.79 Å². The number of carbonyl (C=O) groups is 1. The van der Waals surface area contributed by atoms with Crippen molar-refractivity contribution in [2.75, 3.05) is 47.8 Å². The van der Waals surface area contributed by atoms with Crippen molar-refractivity contribution in [1.82, 2.24) is 20.4 Å². The van der Waals surface area contributed by atoms with Crippen molar-refractivity contribution in [2.24, 2.45) is 4.99 Å². The lowest BCUT2D eigenvalue weighted by Crippen LogP contribution is -2.40. The van der Waals surface area contributed by atoms with Crippen molar-refractivity contribution in [1.29, 1.82) is 0 Å². The lowest BCUT2D eigenvalue weighted by Gasteiger charge is -2.23. The van der Waals surface area contributed by atoms with Gasteiger partial charge in [0.1, 0.15) is 0 Å². The van der Waals surface area contributed by atoms with E-state index in [9.17, 15) is 4.79 Å². The highest BCUT2D eigenvalue weighted by molar-refractivity contribution is 5.94. The Bertz CT molecular complexity index is 833. The molecule has 1 amide bonds. The molecule has 2 rings (SSSR count). The van der Waals surface area contributed by atoms with Gasteiger partial charge in [-0.25, -0.2) is 0 Å². The summed E-state index contributed by atoms with van der Waals surface area (Å²) >= 11 is 0. The largest absolute Gasteiger partial charge is 0.357 e. The van der Waals surface area contributed by atoms with E-state index in [0.717, 1.165) is 43.0 Å². The summed E-state index contributed by atoms with van der Waals surface area (Å²) in [6.07, 6.45) is 1.78. The predicted octanol–water partition coefficient (Wildman–Crippen LogP) is 2.66. The van der Waals surface area contributed by atoms with Crippen LogP contribution in [0.25, 0.3) is 0 Å². The zero-order chi connectivity index (χ0) is 22.6. The molecule has 2 aromatic rings. The normalized spacial score (nSPS) is 12.5. The van der Waals surface area contributed by atoms with Crippen LogP contribution >= 0.6 is 0 Å². The maximum atomic E-state index is 12.2. The molecule has 0 aromatic heterocycles. The number of aliphatic imine (C=N–C) groups is 1. The molecule has 0 saturated carbocycles. The van der Waals surface area contributed by atoms with E-state index >= 15 is 0 Å². The van der Waals surface area contributed by atoms with Crippen LogP contribution in [-0.2, 0) is 12.8 Å². The van der Waals surface area contributed by atoms with Gasteiger partial charge in [0.25, 0.3) is 5.91 Å². The highest BCUT2D eigenvalue weighted by Crippen LogP contribution is 2.09. The van der Waals surface area contributed by atoms with E-state index in [1.165, 1.54) is 5.56 Å². The van der Waals surface area contributed by atoms with Gasteiger partial charge in [-0.15, -0.1) is 0 Å². The first-order valence-corrected chi connectivity index (χ1v) is 10.9. The number of hydrogen-bond donors (Lipinski definition) is 2. The second-order valence-electron chi connectivity index (χ2n) is 8.10. The monoisotopic (exact) mass is 423 g/mol. The third kappa shape index (κ3) is 8.42. The van der Waals surface area contributed by atoms with Gasteiger partial charge >= 0.3 is 0 Å². The van der Waals surface area contributed by atoms with Gasteiger partial charge in [-0.2, -0.15) is 0 Å². The predicted molar refractivity (Wildman–Crippen MR) is 130 cm³/mol. The molecule has 2 aromatic carbocycles. The molecule has 0 aliphatic heterocycles. The SMILES string of the molecule is CCNC(=NCC(Cc1ccccc1)N(C)C)NCCc1cccc(C(=O)N(C)C)c1. The Balaban J connectivity index is 1.95. The van der Waals surface area contributed by atoms with Crippen LogP contribution in [0.5, 0.6) is 0 Å². The van der Waals surface area contributed by atoms with Gasteiger partial charge in [0.2, 0.25) is 0 Å².